The van der Waals surface area contributed by atoms with Crippen molar-refractivity contribution in [1.29, 1.82) is 0 Å². The molecule has 0 saturated carbocycles. The van der Waals surface area contributed by atoms with Crippen molar-refractivity contribution in [2.24, 2.45) is 5.92 Å². The summed E-state index contributed by atoms with van der Waals surface area (Å²) in [7, 11) is -1.53. The maximum Gasteiger partial charge on any atom is 0.211 e. The van der Waals surface area contributed by atoms with Crippen molar-refractivity contribution >= 4 is 10.0 Å². The van der Waals surface area contributed by atoms with Gasteiger partial charge in [0.2, 0.25) is 10.0 Å². The highest BCUT2D eigenvalue weighted by Gasteiger charge is 2.22. The second-order valence-electron chi connectivity index (χ2n) is 4.15. The van der Waals surface area contributed by atoms with Crippen LogP contribution in [0.4, 0.5) is 0 Å². The van der Waals surface area contributed by atoms with Crippen LogP contribution in [0.15, 0.2) is 0 Å². The lowest BCUT2D eigenvalue weighted by Gasteiger charge is -2.10. The number of rotatable bonds is 9. The zero-order valence-electron chi connectivity index (χ0n) is 10.3. The lowest BCUT2D eigenvalue weighted by molar-refractivity contribution is 0.188. The minimum atomic E-state index is -3.16. The molecule has 0 aromatic rings. The third-order valence-corrected chi connectivity index (χ3v) is 4.14. The summed E-state index contributed by atoms with van der Waals surface area (Å²) in [5.74, 6) is 0.319. The zero-order valence-corrected chi connectivity index (χ0v) is 11.1. The van der Waals surface area contributed by atoms with Crippen molar-refractivity contribution in [3.8, 4) is 0 Å². The predicted molar refractivity (Wildman–Crippen MR) is 65.5 cm³/mol. The summed E-state index contributed by atoms with van der Waals surface area (Å²) < 4.78 is 35.9. The SMILES string of the molecule is COCCNCCNS(=O)(=O)CC1CCOC1. The third kappa shape index (κ3) is 6.95. The van der Waals surface area contributed by atoms with E-state index in [0.717, 1.165) is 13.0 Å². The van der Waals surface area contributed by atoms with E-state index in [-0.39, 0.29) is 11.7 Å². The molecule has 0 radical (unpaired) electrons. The van der Waals surface area contributed by atoms with Crippen LogP contribution in [0.2, 0.25) is 0 Å². The van der Waals surface area contributed by atoms with Gasteiger partial charge < -0.3 is 14.8 Å². The fraction of sp³-hybridized carbons (Fsp3) is 1.00. The topological polar surface area (TPSA) is 76.7 Å². The van der Waals surface area contributed by atoms with Gasteiger partial charge in [-0.3, -0.25) is 0 Å². The Balaban J connectivity index is 2.07. The Bertz CT molecular complexity index is 289. The molecule has 7 heteroatoms. The second kappa shape index (κ2) is 7.99. The van der Waals surface area contributed by atoms with Gasteiger partial charge in [0, 0.05) is 33.4 Å². The van der Waals surface area contributed by atoms with Crippen molar-refractivity contribution < 1.29 is 17.9 Å². The highest BCUT2D eigenvalue weighted by molar-refractivity contribution is 7.89. The number of hydrogen-bond donors (Lipinski definition) is 2. The van der Waals surface area contributed by atoms with E-state index in [0.29, 0.717) is 32.9 Å². The molecule has 102 valence electrons. The van der Waals surface area contributed by atoms with Crippen LogP contribution in [-0.4, -0.2) is 60.7 Å². The van der Waals surface area contributed by atoms with Gasteiger partial charge >= 0.3 is 0 Å². The summed E-state index contributed by atoms with van der Waals surface area (Å²) in [6.45, 7) is 3.63. The Morgan fingerprint density at radius 1 is 1.35 bits per heavy atom. The van der Waals surface area contributed by atoms with E-state index in [4.69, 9.17) is 9.47 Å². The fourth-order valence-corrected chi connectivity index (χ4v) is 3.09. The monoisotopic (exact) mass is 266 g/mol. The first-order valence-electron chi connectivity index (χ1n) is 5.89. The van der Waals surface area contributed by atoms with Crippen LogP contribution in [-0.2, 0) is 19.5 Å². The van der Waals surface area contributed by atoms with Crippen LogP contribution in [0.3, 0.4) is 0 Å². The van der Waals surface area contributed by atoms with Crippen LogP contribution in [0.5, 0.6) is 0 Å². The molecule has 1 heterocycles. The van der Waals surface area contributed by atoms with E-state index in [2.05, 4.69) is 10.0 Å². The molecule has 1 fully saturated rings. The normalized spacial score (nSPS) is 20.9. The molecule has 0 aliphatic carbocycles. The highest BCUT2D eigenvalue weighted by atomic mass is 32.2. The number of nitrogens with one attached hydrogen (secondary N) is 2. The fourth-order valence-electron chi connectivity index (χ4n) is 1.68. The lowest BCUT2D eigenvalue weighted by Crippen LogP contribution is -2.36. The molecule has 1 unspecified atom stereocenters. The van der Waals surface area contributed by atoms with Crippen molar-refractivity contribution in [3.63, 3.8) is 0 Å². The molecular formula is C10H22N2O4S. The van der Waals surface area contributed by atoms with E-state index >= 15 is 0 Å². The average Bonchev–Trinajstić information content (AvgIpc) is 2.75. The molecule has 2 N–H and O–H groups in total. The molecule has 1 aliphatic rings. The van der Waals surface area contributed by atoms with E-state index in [1.54, 1.807) is 7.11 Å². The van der Waals surface area contributed by atoms with Gasteiger partial charge in [-0.05, 0) is 12.3 Å². The Kier molecular flexibility index (Phi) is 6.98. The largest absolute Gasteiger partial charge is 0.383 e. The molecule has 1 rings (SSSR count). The van der Waals surface area contributed by atoms with Gasteiger partial charge in [-0.15, -0.1) is 0 Å². The van der Waals surface area contributed by atoms with E-state index < -0.39 is 10.0 Å². The molecule has 1 aliphatic heterocycles. The first-order chi connectivity index (χ1) is 8.14. The third-order valence-electron chi connectivity index (χ3n) is 2.59. The van der Waals surface area contributed by atoms with Crippen LogP contribution >= 0.6 is 0 Å². The first kappa shape index (κ1) is 14.8. The maximum atomic E-state index is 11.7. The van der Waals surface area contributed by atoms with Crippen molar-refractivity contribution in [2.45, 2.75) is 6.42 Å². The molecule has 1 atom stereocenters. The van der Waals surface area contributed by atoms with Gasteiger partial charge in [0.15, 0.2) is 0 Å². The maximum absolute atomic E-state index is 11.7. The summed E-state index contributed by atoms with van der Waals surface area (Å²) in [5.41, 5.74) is 0. The number of sulfonamides is 1. The summed E-state index contributed by atoms with van der Waals surface area (Å²) >= 11 is 0. The summed E-state index contributed by atoms with van der Waals surface area (Å²) in [6.07, 6.45) is 0.840. The molecule has 0 aromatic carbocycles. The molecule has 0 aromatic heterocycles. The molecule has 17 heavy (non-hydrogen) atoms. The van der Waals surface area contributed by atoms with E-state index in [9.17, 15) is 8.42 Å². The quantitative estimate of drug-likeness (QED) is 0.533. The minimum absolute atomic E-state index is 0.147. The highest BCUT2D eigenvalue weighted by Crippen LogP contribution is 2.13. The van der Waals surface area contributed by atoms with Gasteiger partial charge in [-0.2, -0.15) is 0 Å². The molecule has 1 saturated heterocycles. The molecule has 0 spiro atoms. The first-order valence-corrected chi connectivity index (χ1v) is 7.54. The van der Waals surface area contributed by atoms with E-state index in [1.807, 2.05) is 0 Å². The Labute approximate surface area is 103 Å². The minimum Gasteiger partial charge on any atom is -0.383 e. The number of hydrogen-bond acceptors (Lipinski definition) is 5. The number of ether oxygens (including phenoxy) is 2. The van der Waals surface area contributed by atoms with Gasteiger partial charge in [0.05, 0.1) is 19.0 Å². The molecule has 6 nitrogen and oxygen atoms in total. The second-order valence-corrected chi connectivity index (χ2v) is 6.00. The van der Waals surface area contributed by atoms with E-state index in [1.165, 1.54) is 0 Å². The average molecular weight is 266 g/mol. The lowest BCUT2D eigenvalue weighted by atomic mass is 10.2. The Hall–Kier alpha value is -0.210. The Morgan fingerprint density at radius 2 is 2.18 bits per heavy atom. The predicted octanol–water partition coefficient (Wildman–Crippen LogP) is -0.822. The van der Waals surface area contributed by atoms with Gasteiger partial charge in [0.1, 0.15) is 0 Å². The summed E-state index contributed by atoms with van der Waals surface area (Å²) in [6, 6.07) is 0. The van der Waals surface area contributed by atoms with Crippen LogP contribution in [0.25, 0.3) is 0 Å². The van der Waals surface area contributed by atoms with Crippen molar-refractivity contribution in [2.75, 3.05) is 52.3 Å². The van der Waals surface area contributed by atoms with Gasteiger partial charge in [-0.1, -0.05) is 0 Å². The number of methoxy groups -OCH3 is 1. The van der Waals surface area contributed by atoms with Gasteiger partial charge in [0.25, 0.3) is 0 Å². The zero-order chi connectivity index (χ0) is 12.6. The standard InChI is InChI=1S/C10H22N2O4S/c1-15-7-5-11-3-4-12-17(13,14)9-10-2-6-16-8-10/h10-12H,2-9H2,1H3. The van der Waals surface area contributed by atoms with Crippen LogP contribution < -0.4 is 10.0 Å². The van der Waals surface area contributed by atoms with Crippen LogP contribution in [0, 0.1) is 5.92 Å². The molecule has 0 amide bonds. The molecule has 0 bridgehead atoms. The smallest absolute Gasteiger partial charge is 0.211 e. The Morgan fingerprint density at radius 3 is 2.82 bits per heavy atom. The summed E-state index contributed by atoms with van der Waals surface area (Å²) in [5, 5.41) is 3.08. The van der Waals surface area contributed by atoms with Crippen molar-refractivity contribution in [3.05, 3.63) is 0 Å². The van der Waals surface area contributed by atoms with Gasteiger partial charge in [-0.25, -0.2) is 13.1 Å². The van der Waals surface area contributed by atoms with Crippen LogP contribution in [0.1, 0.15) is 6.42 Å². The molecular weight excluding hydrogens is 244 g/mol. The van der Waals surface area contributed by atoms with Crippen molar-refractivity contribution in [1.82, 2.24) is 10.0 Å². The summed E-state index contributed by atoms with van der Waals surface area (Å²) in [4.78, 5) is 0.